The molecule has 0 fully saturated rings. The van der Waals surface area contributed by atoms with Gasteiger partial charge in [0.2, 0.25) is 5.36 Å². The fourth-order valence-corrected chi connectivity index (χ4v) is 5.52. The third-order valence-corrected chi connectivity index (χ3v) is 7.11. The fraction of sp³-hybridized carbons (Fsp3) is 0.286. The Morgan fingerprint density at radius 2 is 1.88 bits per heavy atom. The highest BCUT2D eigenvalue weighted by molar-refractivity contribution is 5.98. The maximum Gasteiger partial charge on any atom is 0.336 e. The van der Waals surface area contributed by atoms with Crippen LogP contribution >= 0.6 is 0 Å². The number of aryl methyl sites for hydroxylation is 2. The molecule has 0 amide bonds. The van der Waals surface area contributed by atoms with Crippen LogP contribution in [0.15, 0.2) is 48.5 Å². The molecular formula is C28H27N2O3+. The maximum absolute atomic E-state index is 12.2. The topological polar surface area (TPSA) is 61.6 Å². The van der Waals surface area contributed by atoms with Gasteiger partial charge in [0, 0.05) is 46.6 Å². The van der Waals surface area contributed by atoms with Gasteiger partial charge in [-0.05, 0) is 55.5 Å². The minimum Gasteiger partial charge on any atom is -0.478 e. The largest absolute Gasteiger partial charge is 0.478 e. The number of carboxylic acids is 1. The predicted molar refractivity (Wildman–Crippen MR) is 129 cm³/mol. The van der Waals surface area contributed by atoms with Crippen molar-refractivity contribution in [1.29, 1.82) is 0 Å². The Labute approximate surface area is 192 Å². The summed E-state index contributed by atoms with van der Waals surface area (Å²) in [5.74, 6) is 0.666. The van der Waals surface area contributed by atoms with Crippen LogP contribution in [0.1, 0.15) is 52.4 Å². The second kappa shape index (κ2) is 7.77. The van der Waals surface area contributed by atoms with Gasteiger partial charge in [0.1, 0.15) is 24.6 Å². The van der Waals surface area contributed by atoms with E-state index in [0.717, 1.165) is 84.4 Å². The molecule has 0 aliphatic carbocycles. The molecule has 3 aromatic carbocycles. The number of aromatic carboxylic acids is 1. The average molecular weight is 440 g/mol. The van der Waals surface area contributed by atoms with Crippen LogP contribution < -0.4 is 25.2 Å². The summed E-state index contributed by atoms with van der Waals surface area (Å²) in [5, 5.41) is 15.7. The summed E-state index contributed by atoms with van der Waals surface area (Å²) in [6.45, 7) is 5.15. The lowest BCUT2D eigenvalue weighted by Crippen LogP contribution is -2.39. The first-order valence-electron chi connectivity index (χ1n) is 11.8. The molecular weight excluding hydrogens is 412 g/mol. The molecule has 0 bridgehead atoms. The molecule has 6 rings (SSSR count). The molecule has 3 heterocycles. The van der Waals surface area contributed by atoms with Gasteiger partial charge in [-0.1, -0.05) is 18.2 Å². The number of rotatable bonds is 3. The molecule has 166 valence electrons. The Kier molecular flexibility index (Phi) is 4.72. The van der Waals surface area contributed by atoms with Crippen molar-refractivity contribution in [2.75, 3.05) is 25.0 Å². The zero-order valence-corrected chi connectivity index (χ0v) is 18.8. The molecule has 3 aromatic rings. The lowest BCUT2D eigenvalue weighted by molar-refractivity contribution is 0.0696. The monoisotopic (exact) mass is 439 g/mol. The Morgan fingerprint density at radius 3 is 2.73 bits per heavy atom. The SMILES string of the molecule is CC[N+]1=c2cc3c(cc2CCC1)=C(c1ccccc1C(=O)O)c1cc2c(cc1O3)NCCC2. The van der Waals surface area contributed by atoms with Crippen LogP contribution in [0.5, 0.6) is 11.5 Å². The number of ether oxygens (including phenoxy) is 1. The third kappa shape index (κ3) is 3.22. The summed E-state index contributed by atoms with van der Waals surface area (Å²) < 4.78 is 8.92. The number of benzene rings is 3. The van der Waals surface area contributed by atoms with Gasteiger partial charge in [-0.25, -0.2) is 9.37 Å². The Balaban J connectivity index is 1.73. The molecule has 2 N–H and O–H groups in total. The van der Waals surface area contributed by atoms with E-state index in [0.29, 0.717) is 5.56 Å². The van der Waals surface area contributed by atoms with Crippen LogP contribution in [-0.4, -0.2) is 30.7 Å². The number of carbonyl (C=O) groups is 1. The minimum absolute atomic E-state index is 0.315. The van der Waals surface area contributed by atoms with Crippen LogP contribution in [0, 0.1) is 0 Å². The van der Waals surface area contributed by atoms with Crippen molar-refractivity contribution < 1.29 is 14.6 Å². The first kappa shape index (κ1) is 20.0. The van der Waals surface area contributed by atoms with Crippen molar-refractivity contribution in [3.63, 3.8) is 0 Å². The van der Waals surface area contributed by atoms with Gasteiger partial charge < -0.3 is 15.2 Å². The van der Waals surface area contributed by atoms with E-state index in [1.807, 2.05) is 12.1 Å². The predicted octanol–water partition coefficient (Wildman–Crippen LogP) is 3.55. The number of hydrogen-bond donors (Lipinski definition) is 2. The highest BCUT2D eigenvalue weighted by Gasteiger charge is 2.28. The summed E-state index contributed by atoms with van der Waals surface area (Å²) >= 11 is 0. The lowest BCUT2D eigenvalue weighted by Gasteiger charge is -2.26. The van der Waals surface area contributed by atoms with Crippen LogP contribution in [0.2, 0.25) is 0 Å². The van der Waals surface area contributed by atoms with Crippen molar-refractivity contribution in [2.45, 2.75) is 32.6 Å². The zero-order chi connectivity index (χ0) is 22.5. The van der Waals surface area contributed by atoms with E-state index in [1.165, 1.54) is 16.5 Å². The van der Waals surface area contributed by atoms with Gasteiger partial charge in [0.15, 0.2) is 0 Å². The summed E-state index contributed by atoms with van der Waals surface area (Å²) in [5.41, 5.74) is 6.65. The van der Waals surface area contributed by atoms with Gasteiger partial charge in [0.25, 0.3) is 0 Å². The highest BCUT2D eigenvalue weighted by Crippen LogP contribution is 2.41. The van der Waals surface area contributed by atoms with Crippen LogP contribution in [0.25, 0.3) is 5.57 Å². The number of fused-ring (bicyclic) bond motifs is 4. The molecule has 0 saturated heterocycles. The lowest BCUT2D eigenvalue weighted by atomic mass is 9.87. The van der Waals surface area contributed by atoms with Gasteiger partial charge in [0.05, 0.1) is 11.6 Å². The molecule has 33 heavy (non-hydrogen) atoms. The Bertz CT molecular complexity index is 1440. The standard InChI is InChI=1S/C28H26N2O3/c1-2-30-12-6-8-18-14-22-26(16-24(18)30)33-25-15-23-17(7-5-11-29-23)13-21(25)27(22)19-9-3-4-10-20(19)28(31)32/h3-4,9-10,13-16H,2,5-8,11-12H2,1H3,(H,31,32)/p+1. The fourth-order valence-electron chi connectivity index (χ4n) is 5.52. The normalized spacial score (nSPS) is 16.0. The molecule has 3 aliphatic rings. The van der Waals surface area contributed by atoms with Gasteiger partial charge in [-0.15, -0.1) is 0 Å². The number of nitrogens with one attached hydrogen (secondary N) is 1. The number of nitrogens with zero attached hydrogens (tertiary/aromatic N) is 1. The summed E-state index contributed by atoms with van der Waals surface area (Å²) in [7, 11) is 0. The molecule has 0 spiro atoms. The van der Waals surface area contributed by atoms with E-state index in [1.54, 1.807) is 12.1 Å². The number of carboxylic acid groups (broad SMARTS) is 1. The second-order valence-corrected chi connectivity index (χ2v) is 9.02. The zero-order valence-electron chi connectivity index (χ0n) is 18.8. The van der Waals surface area contributed by atoms with Crippen molar-refractivity contribution in [1.82, 2.24) is 4.58 Å². The van der Waals surface area contributed by atoms with Gasteiger partial charge in [-0.2, -0.15) is 0 Å². The van der Waals surface area contributed by atoms with Crippen molar-refractivity contribution in [3.8, 4) is 11.5 Å². The van der Waals surface area contributed by atoms with E-state index in [9.17, 15) is 9.90 Å². The highest BCUT2D eigenvalue weighted by atomic mass is 16.5. The third-order valence-electron chi connectivity index (χ3n) is 7.11. The molecule has 0 aromatic heterocycles. The summed E-state index contributed by atoms with van der Waals surface area (Å²) in [6.07, 6.45) is 4.24. The van der Waals surface area contributed by atoms with Crippen LogP contribution in [0.3, 0.4) is 0 Å². The molecule has 5 heteroatoms. The first-order valence-corrected chi connectivity index (χ1v) is 11.8. The van der Waals surface area contributed by atoms with E-state index < -0.39 is 5.97 Å². The van der Waals surface area contributed by atoms with E-state index in [2.05, 4.69) is 41.1 Å². The number of anilines is 1. The van der Waals surface area contributed by atoms with Crippen LogP contribution in [0.4, 0.5) is 5.69 Å². The van der Waals surface area contributed by atoms with Crippen molar-refractivity contribution >= 4 is 17.2 Å². The quantitative estimate of drug-likeness (QED) is 0.480. The Morgan fingerprint density at radius 1 is 1.03 bits per heavy atom. The maximum atomic E-state index is 12.2. The second-order valence-electron chi connectivity index (χ2n) is 9.02. The Hall–Kier alpha value is -3.60. The first-order chi connectivity index (χ1) is 16.1. The van der Waals surface area contributed by atoms with Crippen molar-refractivity contribution in [2.24, 2.45) is 0 Å². The minimum atomic E-state index is -0.914. The molecule has 0 radical (unpaired) electrons. The summed E-state index contributed by atoms with van der Waals surface area (Å²) in [6, 6.07) is 16.0. The van der Waals surface area contributed by atoms with E-state index in [-0.39, 0.29) is 0 Å². The molecule has 0 saturated carbocycles. The van der Waals surface area contributed by atoms with Crippen LogP contribution in [-0.2, 0) is 12.8 Å². The van der Waals surface area contributed by atoms with E-state index >= 15 is 0 Å². The smallest absolute Gasteiger partial charge is 0.336 e. The van der Waals surface area contributed by atoms with Gasteiger partial charge in [-0.3, -0.25) is 0 Å². The average Bonchev–Trinajstić information content (AvgIpc) is 2.84. The molecule has 5 nitrogen and oxygen atoms in total. The molecule has 0 atom stereocenters. The summed E-state index contributed by atoms with van der Waals surface area (Å²) in [4.78, 5) is 12.2. The molecule has 3 aliphatic heterocycles. The molecule has 0 unspecified atom stereocenters. The van der Waals surface area contributed by atoms with E-state index in [4.69, 9.17) is 4.74 Å². The van der Waals surface area contributed by atoms with Gasteiger partial charge >= 0.3 is 5.97 Å². The van der Waals surface area contributed by atoms with Crippen molar-refractivity contribution in [3.05, 3.63) is 86.9 Å². The number of hydrogen-bond acceptors (Lipinski definition) is 3.